The van der Waals surface area contributed by atoms with E-state index in [9.17, 15) is 0 Å². The monoisotopic (exact) mass is 244 g/mol. The molecule has 0 spiro atoms. The zero-order valence-electron chi connectivity index (χ0n) is 10.2. The predicted octanol–water partition coefficient (Wildman–Crippen LogP) is 2.17. The number of methoxy groups -OCH3 is 1. The van der Waals surface area contributed by atoms with E-state index in [0.717, 1.165) is 17.1 Å². The van der Waals surface area contributed by atoms with Gasteiger partial charge in [-0.05, 0) is 23.8 Å². The first-order valence-corrected chi connectivity index (χ1v) is 5.72. The van der Waals surface area contributed by atoms with Crippen LogP contribution in [0.25, 0.3) is 0 Å². The van der Waals surface area contributed by atoms with Crippen molar-refractivity contribution in [1.29, 1.82) is 0 Å². The van der Waals surface area contributed by atoms with Gasteiger partial charge in [0.2, 0.25) is 0 Å². The molecule has 1 aromatic heterocycles. The van der Waals surface area contributed by atoms with Crippen molar-refractivity contribution in [3.05, 3.63) is 54.4 Å². The van der Waals surface area contributed by atoms with Crippen molar-refractivity contribution in [1.82, 2.24) is 4.98 Å². The summed E-state index contributed by atoms with van der Waals surface area (Å²) in [5.74, 6) is 1.51. The van der Waals surface area contributed by atoms with Crippen LogP contribution in [0.5, 0.6) is 11.5 Å². The molecule has 0 amide bonds. The third-order valence-electron chi connectivity index (χ3n) is 2.58. The lowest BCUT2D eigenvalue weighted by molar-refractivity contribution is 0.288. The SMILES string of the molecule is COc1cccc(OCC(N)c2cccnc2)c1. The number of ether oxygens (including phenoxy) is 2. The maximum Gasteiger partial charge on any atom is 0.123 e. The molecule has 1 unspecified atom stereocenters. The first-order chi connectivity index (χ1) is 8.79. The highest BCUT2D eigenvalue weighted by Crippen LogP contribution is 2.20. The summed E-state index contributed by atoms with van der Waals surface area (Å²) in [6, 6.07) is 11.1. The van der Waals surface area contributed by atoms with Crippen molar-refractivity contribution in [2.45, 2.75) is 6.04 Å². The molecule has 1 atom stereocenters. The summed E-state index contributed by atoms with van der Waals surface area (Å²) in [7, 11) is 1.63. The van der Waals surface area contributed by atoms with E-state index in [1.54, 1.807) is 19.5 Å². The van der Waals surface area contributed by atoms with Gasteiger partial charge in [-0.3, -0.25) is 4.98 Å². The van der Waals surface area contributed by atoms with Crippen molar-refractivity contribution in [3.8, 4) is 11.5 Å². The Morgan fingerprint density at radius 1 is 1.22 bits per heavy atom. The second-order valence-electron chi connectivity index (χ2n) is 3.88. The summed E-state index contributed by atoms with van der Waals surface area (Å²) in [6.45, 7) is 0.402. The van der Waals surface area contributed by atoms with Gasteiger partial charge in [0.15, 0.2) is 0 Å². The van der Waals surface area contributed by atoms with Crippen LogP contribution in [-0.4, -0.2) is 18.7 Å². The minimum atomic E-state index is -0.190. The molecule has 0 radical (unpaired) electrons. The van der Waals surface area contributed by atoms with Crippen LogP contribution in [0.4, 0.5) is 0 Å². The van der Waals surface area contributed by atoms with Crippen LogP contribution in [0.15, 0.2) is 48.8 Å². The number of nitrogens with zero attached hydrogens (tertiary/aromatic N) is 1. The number of rotatable bonds is 5. The van der Waals surface area contributed by atoms with Crippen LogP contribution in [0, 0.1) is 0 Å². The van der Waals surface area contributed by atoms with Gasteiger partial charge in [-0.2, -0.15) is 0 Å². The van der Waals surface area contributed by atoms with Crippen LogP contribution >= 0.6 is 0 Å². The molecule has 2 aromatic rings. The summed E-state index contributed by atoms with van der Waals surface area (Å²) in [5, 5.41) is 0. The molecule has 94 valence electrons. The van der Waals surface area contributed by atoms with E-state index in [4.69, 9.17) is 15.2 Å². The van der Waals surface area contributed by atoms with Gasteiger partial charge in [-0.1, -0.05) is 12.1 Å². The quantitative estimate of drug-likeness (QED) is 0.875. The van der Waals surface area contributed by atoms with Crippen LogP contribution in [0.2, 0.25) is 0 Å². The Labute approximate surface area is 106 Å². The second kappa shape index (κ2) is 6.02. The topological polar surface area (TPSA) is 57.4 Å². The normalized spacial score (nSPS) is 11.9. The number of nitrogens with two attached hydrogens (primary N) is 1. The number of aromatic nitrogens is 1. The van der Waals surface area contributed by atoms with Gasteiger partial charge in [-0.15, -0.1) is 0 Å². The molecule has 0 saturated heterocycles. The van der Waals surface area contributed by atoms with Gasteiger partial charge >= 0.3 is 0 Å². The zero-order chi connectivity index (χ0) is 12.8. The van der Waals surface area contributed by atoms with Crippen molar-refractivity contribution in [3.63, 3.8) is 0 Å². The highest BCUT2D eigenvalue weighted by atomic mass is 16.5. The first-order valence-electron chi connectivity index (χ1n) is 5.72. The molecule has 1 aromatic carbocycles. The summed E-state index contributed by atoms with van der Waals surface area (Å²) in [4.78, 5) is 4.03. The molecule has 0 bridgehead atoms. The fraction of sp³-hybridized carbons (Fsp3) is 0.214. The molecular weight excluding hydrogens is 228 g/mol. The van der Waals surface area contributed by atoms with Crippen LogP contribution in [0.1, 0.15) is 11.6 Å². The highest BCUT2D eigenvalue weighted by Gasteiger charge is 2.07. The summed E-state index contributed by atoms with van der Waals surface area (Å²) in [6.07, 6.45) is 3.47. The maximum atomic E-state index is 6.02. The Bertz CT molecular complexity index is 488. The molecule has 0 aliphatic rings. The van der Waals surface area contributed by atoms with E-state index in [2.05, 4.69) is 4.98 Å². The number of pyridine rings is 1. The molecule has 4 heteroatoms. The lowest BCUT2D eigenvalue weighted by Crippen LogP contribution is -2.19. The smallest absolute Gasteiger partial charge is 0.123 e. The summed E-state index contributed by atoms with van der Waals surface area (Å²) >= 11 is 0. The lowest BCUT2D eigenvalue weighted by Gasteiger charge is -2.13. The average Bonchev–Trinajstić information content (AvgIpc) is 2.46. The van der Waals surface area contributed by atoms with E-state index in [-0.39, 0.29) is 6.04 Å². The Kier molecular flexibility index (Phi) is 4.15. The second-order valence-corrected chi connectivity index (χ2v) is 3.88. The van der Waals surface area contributed by atoms with Crippen molar-refractivity contribution in [2.75, 3.05) is 13.7 Å². The Hall–Kier alpha value is -2.07. The number of benzene rings is 1. The van der Waals surface area contributed by atoms with Crippen molar-refractivity contribution < 1.29 is 9.47 Å². The Morgan fingerprint density at radius 3 is 2.78 bits per heavy atom. The fourth-order valence-corrected chi connectivity index (χ4v) is 1.57. The number of hydrogen-bond donors (Lipinski definition) is 1. The zero-order valence-corrected chi connectivity index (χ0v) is 10.2. The molecule has 1 heterocycles. The molecule has 0 aliphatic carbocycles. The molecule has 2 N–H and O–H groups in total. The van der Waals surface area contributed by atoms with E-state index >= 15 is 0 Å². The maximum absolute atomic E-state index is 6.02. The van der Waals surface area contributed by atoms with Gasteiger partial charge in [0.25, 0.3) is 0 Å². The van der Waals surface area contributed by atoms with Crippen LogP contribution in [-0.2, 0) is 0 Å². The van der Waals surface area contributed by atoms with Gasteiger partial charge in [0, 0.05) is 18.5 Å². The summed E-state index contributed by atoms with van der Waals surface area (Å²) < 4.78 is 10.8. The number of hydrogen-bond acceptors (Lipinski definition) is 4. The van der Waals surface area contributed by atoms with Crippen molar-refractivity contribution in [2.24, 2.45) is 5.73 Å². The van der Waals surface area contributed by atoms with E-state index < -0.39 is 0 Å². The first kappa shape index (κ1) is 12.4. The standard InChI is InChI=1S/C14H16N2O2/c1-17-12-5-2-6-13(8-12)18-10-14(15)11-4-3-7-16-9-11/h2-9,14H,10,15H2,1H3. The third kappa shape index (κ3) is 3.21. The van der Waals surface area contributed by atoms with Gasteiger partial charge < -0.3 is 15.2 Å². The van der Waals surface area contributed by atoms with Crippen LogP contribution < -0.4 is 15.2 Å². The van der Waals surface area contributed by atoms with Crippen LogP contribution in [0.3, 0.4) is 0 Å². The van der Waals surface area contributed by atoms with E-state index in [0.29, 0.717) is 6.61 Å². The minimum Gasteiger partial charge on any atom is -0.497 e. The predicted molar refractivity (Wildman–Crippen MR) is 69.7 cm³/mol. The van der Waals surface area contributed by atoms with Gasteiger partial charge in [0.05, 0.1) is 13.2 Å². The summed E-state index contributed by atoms with van der Waals surface area (Å²) in [5.41, 5.74) is 6.98. The molecule has 4 nitrogen and oxygen atoms in total. The van der Waals surface area contributed by atoms with Gasteiger partial charge in [-0.25, -0.2) is 0 Å². The van der Waals surface area contributed by atoms with Crippen molar-refractivity contribution >= 4 is 0 Å². The van der Waals surface area contributed by atoms with E-state index in [1.807, 2.05) is 36.4 Å². The molecular formula is C14H16N2O2. The Balaban J connectivity index is 1.95. The lowest BCUT2D eigenvalue weighted by atomic mass is 10.1. The Morgan fingerprint density at radius 2 is 2.06 bits per heavy atom. The average molecular weight is 244 g/mol. The molecule has 0 saturated carbocycles. The highest BCUT2D eigenvalue weighted by molar-refractivity contribution is 5.32. The molecule has 18 heavy (non-hydrogen) atoms. The minimum absolute atomic E-state index is 0.190. The fourth-order valence-electron chi connectivity index (χ4n) is 1.57. The molecule has 2 rings (SSSR count). The van der Waals surface area contributed by atoms with Gasteiger partial charge in [0.1, 0.15) is 18.1 Å². The third-order valence-corrected chi connectivity index (χ3v) is 2.58. The largest absolute Gasteiger partial charge is 0.497 e. The molecule has 0 fully saturated rings. The van der Waals surface area contributed by atoms with E-state index in [1.165, 1.54) is 0 Å². The molecule has 0 aliphatic heterocycles.